The standard InChI is InChI=1S/C24H34F2N4O4/c1-24(33)6-4-18(5-7-24)27-23(32)34-19-3-2-15(11-19)20-13-21(30-29-20)28-22(31)10-14-8-16(25)12-17(26)9-14/h8-9,12,15,18-21,29-30,33H,2-7,10-11,13H2,1H3,(H,27,32)(H,28,31)/t15-,18?,19+,20?,21?,24?/m0/s1. The Morgan fingerprint density at radius 3 is 2.47 bits per heavy atom. The second kappa shape index (κ2) is 10.5. The Balaban J connectivity index is 1.16. The number of ether oxygens (including phenoxy) is 1. The number of aliphatic hydroxyl groups is 1. The second-order valence-electron chi connectivity index (χ2n) is 10.2. The van der Waals surface area contributed by atoms with E-state index in [-0.39, 0.29) is 42.2 Å². The number of carbonyl (C=O) groups is 2. The molecule has 2 unspecified atom stereocenters. The number of hydrazine groups is 1. The Kier molecular flexibility index (Phi) is 7.69. The van der Waals surface area contributed by atoms with Gasteiger partial charge in [-0.25, -0.2) is 19.0 Å². The first-order valence-electron chi connectivity index (χ1n) is 12.1. The van der Waals surface area contributed by atoms with Crippen LogP contribution in [0.5, 0.6) is 0 Å². The third-order valence-corrected chi connectivity index (χ3v) is 7.21. The molecule has 3 fully saturated rings. The summed E-state index contributed by atoms with van der Waals surface area (Å²) < 4.78 is 32.3. The number of amides is 2. The fourth-order valence-electron chi connectivity index (χ4n) is 5.31. The molecule has 0 bridgehead atoms. The summed E-state index contributed by atoms with van der Waals surface area (Å²) in [7, 11) is 0. The van der Waals surface area contributed by atoms with Gasteiger partial charge in [0.25, 0.3) is 0 Å². The molecule has 2 saturated carbocycles. The molecular formula is C24H34F2N4O4. The molecule has 10 heteroatoms. The molecule has 0 radical (unpaired) electrons. The molecule has 1 saturated heterocycles. The smallest absolute Gasteiger partial charge is 0.407 e. The third kappa shape index (κ3) is 6.86. The van der Waals surface area contributed by atoms with Gasteiger partial charge in [0, 0.05) is 18.2 Å². The lowest BCUT2D eigenvalue weighted by Crippen LogP contribution is -2.45. The van der Waals surface area contributed by atoms with Gasteiger partial charge in [0.1, 0.15) is 17.7 Å². The molecule has 4 atom stereocenters. The summed E-state index contributed by atoms with van der Waals surface area (Å²) in [6, 6.07) is 3.24. The largest absolute Gasteiger partial charge is 0.446 e. The summed E-state index contributed by atoms with van der Waals surface area (Å²) in [5.74, 6) is -1.43. The molecule has 3 aliphatic rings. The molecule has 1 aliphatic heterocycles. The van der Waals surface area contributed by atoms with Gasteiger partial charge in [-0.1, -0.05) is 0 Å². The van der Waals surface area contributed by atoms with Gasteiger partial charge in [-0.15, -0.1) is 0 Å². The molecule has 2 aliphatic carbocycles. The lowest BCUT2D eigenvalue weighted by Gasteiger charge is -2.33. The van der Waals surface area contributed by atoms with Gasteiger partial charge < -0.3 is 20.5 Å². The van der Waals surface area contributed by atoms with E-state index in [0.29, 0.717) is 25.2 Å². The number of hydrogen-bond donors (Lipinski definition) is 5. The lowest BCUT2D eigenvalue weighted by atomic mass is 9.84. The summed E-state index contributed by atoms with van der Waals surface area (Å²) in [4.78, 5) is 24.6. The van der Waals surface area contributed by atoms with Crippen LogP contribution in [-0.4, -0.2) is 47.1 Å². The zero-order chi connectivity index (χ0) is 24.3. The van der Waals surface area contributed by atoms with Crippen LogP contribution in [0, 0.1) is 17.6 Å². The summed E-state index contributed by atoms with van der Waals surface area (Å²) in [6.45, 7) is 1.83. The number of nitrogens with one attached hydrogen (secondary N) is 4. The van der Waals surface area contributed by atoms with E-state index in [2.05, 4.69) is 21.5 Å². The molecule has 34 heavy (non-hydrogen) atoms. The van der Waals surface area contributed by atoms with Gasteiger partial charge in [-0.05, 0) is 81.9 Å². The summed E-state index contributed by atoms with van der Waals surface area (Å²) >= 11 is 0. The van der Waals surface area contributed by atoms with Crippen LogP contribution < -0.4 is 21.5 Å². The number of rotatable bonds is 6. The predicted molar refractivity (Wildman–Crippen MR) is 120 cm³/mol. The van der Waals surface area contributed by atoms with Crippen LogP contribution in [0.15, 0.2) is 18.2 Å². The number of carbonyl (C=O) groups excluding carboxylic acids is 2. The predicted octanol–water partition coefficient (Wildman–Crippen LogP) is 2.40. The maximum absolute atomic E-state index is 13.3. The minimum absolute atomic E-state index is 0.0406. The van der Waals surface area contributed by atoms with Gasteiger partial charge >= 0.3 is 6.09 Å². The van der Waals surface area contributed by atoms with E-state index in [1.165, 1.54) is 0 Å². The molecule has 8 nitrogen and oxygen atoms in total. The SMILES string of the molecule is CC1(O)CCC(NC(=O)O[C@@H]2CC[C@H](C3CC(NC(=O)Cc4cc(F)cc(F)c4)NN3)C2)CC1. The fourth-order valence-corrected chi connectivity index (χ4v) is 5.31. The Bertz CT molecular complexity index is 869. The average Bonchev–Trinajstić information content (AvgIpc) is 3.38. The zero-order valence-corrected chi connectivity index (χ0v) is 19.4. The monoisotopic (exact) mass is 480 g/mol. The molecule has 1 aromatic rings. The number of benzene rings is 1. The minimum Gasteiger partial charge on any atom is -0.446 e. The van der Waals surface area contributed by atoms with Gasteiger partial charge in [0.15, 0.2) is 0 Å². The van der Waals surface area contributed by atoms with Crippen molar-refractivity contribution in [3.8, 4) is 0 Å². The van der Waals surface area contributed by atoms with E-state index >= 15 is 0 Å². The maximum atomic E-state index is 13.3. The Hall–Kier alpha value is -2.30. The topological polar surface area (TPSA) is 112 Å². The molecule has 1 aromatic carbocycles. The highest BCUT2D eigenvalue weighted by Crippen LogP contribution is 2.33. The highest BCUT2D eigenvalue weighted by molar-refractivity contribution is 5.78. The Labute approximate surface area is 198 Å². The van der Waals surface area contributed by atoms with Crippen molar-refractivity contribution in [2.24, 2.45) is 5.92 Å². The first-order valence-corrected chi connectivity index (χ1v) is 12.1. The maximum Gasteiger partial charge on any atom is 0.407 e. The van der Waals surface area contributed by atoms with Gasteiger partial charge in [0.05, 0.1) is 18.2 Å². The molecule has 5 N–H and O–H groups in total. The first-order chi connectivity index (χ1) is 16.1. The number of alkyl carbamates (subject to hydrolysis) is 1. The molecule has 188 valence electrons. The second-order valence-corrected chi connectivity index (χ2v) is 10.2. The van der Waals surface area contributed by atoms with Crippen LogP contribution in [0.1, 0.15) is 63.9 Å². The lowest BCUT2D eigenvalue weighted by molar-refractivity contribution is -0.121. The number of halogens is 2. The van der Waals surface area contributed by atoms with Crippen LogP contribution >= 0.6 is 0 Å². The molecule has 1 heterocycles. The first kappa shape index (κ1) is 24.8. The van der Waals surface area contributed by atoms with Crippen molar-refractivity contribution in [1.82, 2.24) is 21.5 Å². The molecular weight excluding hydrogens is 446 g/mol. The van der Waals surface area contributed by atoms with Crippen molar-refractivity contribution >= 4 is 12.0 Å². The van der Waals surface area contributed by atoms with E-state index in [0.717, 1.165) is 50.3 Å². The summed E-state index contributed by atoms with van der Waals surface area (Å²) in [5, 5.41) is 15.8. The van der Waals surface area contributed by atoms with Crippen molar-refractivity contribution in [2.45, 2.75) is 94.7 Å². The zero-order valence-electron chi connectivity index (χ0n) is 19.4. The van der Waals surface area contributed by atoms with Gasteiger partial charge in [-0.2, -0.15) is 0 Å². The van der Waals surface area contributed by atoms with E-state index < -0.39 is 23.3 Å². The van der Waals surface area contributed by atoms with E-state index in [1.54, 1.807) is 0 Å². The highest BCUT2D eigenvalue weighted by Gasteiger charge is 2.37. The number of hydrogen-bond acceptors (Lipinski definition) is 6. The quantitative estimate of drug-likeness (QED) is 0.428. The third-order valence-electron chi connectivity index (χ3n) is 7.21. The summed E-state index contributed by atoms with van der Waals surface area (Å²) in [6.07, 6.45) is 5.00. The Morgan fingerprint density at radius 2 is 1.76 bits per heavy atom. The van der Waals surface area contributed by atoms with Crippen LogP contribution in [0.4, 0.5) is 13.6 Å². The van der Waals surface area contributed by atoms with Crippen LogP contribution in [-0.2, 0) is 16.0 Å². The van der Waals surface area contributed by atoms with Crippen LogP contribution in [0.25, 0.3) is 0 Å². The van der Waals surface area contributed by atoms with Crippen molar-refractivity contribution in [2.75, 3.05) is 0 Å². The van der Waals surface area contributed by atoms with E-state index in [9.17, 15) is 23.5 Å². The van der Waals surface area contributed by atoms with Crippen LogP contribution in [0.2, 0.25) is 0 Å². The van der Waals surface area contributed by atoms with E-state index in [4.69, 9.17) is 4.74 Å². The van der Waals surface area contributed by atoms with Crippen molar-refractivity contribution in [3.63, 3.8) is 0 Å². The molecule has 2 amide bonds. The van der Waals surface area contributed by atoms with Crippen molar-refractivity contribution < 1.29 is 28.2 Å². The normalized spacial score (nSPS) is 33.5. The summed E-state index contributed by atoms with van der Waals surface area (Å²) in [5.41, 5.74) is 5.93. The fraction of sp³-hybridized carbons (Fsp3) is 0.667. The highest BCUT2D eigenvalue weighted by atomic mass is 19.1. The van der Waals surface area contributed by atoms with Crippen LogP contribution in [0.3, 0.4) is 0 Å². The van der Waals surface area contributed by atoms with Gasteiger partial charge in [-0.3, -0.25) is 10.2 Å². The molecule has 0 spiro atoms. The van der Waals surface area contributed by atoms with E-state index in [1.807, 2.05) is 6.92 Å². The Morgan fingerprint density at radius 1 is 1.06 bits per heavy atom. The average molecular weight is 481 g/mol. The molecule has 0 aromatic heterocycles. The molecule has 4 rings (SSSR count). The van der Waals surface area contributed by atoms with Crippen molar-refractivity contribution in [3.05, 3.63) is 35.4 Å². The van der Waals surface area contributed by atoms with Gasteiger partial charge in [0.2, 0.25) is 5.91 Å². The minimum atomic E-state index is -0.706. The van der Waals surface area contributed by atoms with Crippen molar-refractivity contribution in [1.29, 1.82) is 0 Å².